The molecule has 0 spiro atoms. The number of hydrogen-bond donors (Lipinski definition) is 0. The summed E-state index contributed by atoms with van der Waals surface area (Å²) in [6, 6.07) is 3.70. The fourth-order valence-electron chi connectivity index (χ4n) is 1.12. The Morgan fingerprint density at radius 3 is 2.80 bits per heavy atom. The molecule has 0 amide bonds. The highest BCUT2D eigenvalue weighted by Crippen LogP contribution is 2.17. The van der Waals surface area contributed by atoms with Gasteiger partial charge in [0, 0.05) is 13.6 Å². The van der Waals surface area contributed by atoms with Crippen LogP contribution in [0.25, 0.3) is 0 Å². The van der Waals surface area contributed by atoms with Crippen LogP contribution in [0.1, 0.15) is 6.92 Å². The molecule has 0 fully saturated rings. The van der Waals surface area contributed by atoms with Gasteiger partial charge in [0.25, 0.3) is 0 Å². The second-order valence-electron chi connectivity index (χ2n) is 2.86. The zero-order valence-electron chi connectivity index (χ0n) is 9.07. The summed E-state index contributed by atoms with van der Waals surface area (Å²) in [4.78, 5) is 10.4. The van der Waals surface area contributed by atoms with Gasteiger partial charge in [0.05, 0.1) is 11.9 Å². The van der Waals surface area contributed by atoms with Crippen LogP contribution < -0.4 is 4.90 Å². The monoisotopic (exact) mass is 243 g/mol. The van der Waals surface area contributed by atoms with Gasteiger partial charge in [0.2, 0.25) is 0 Å². The molecule has 0 N–H and O–H groups in total. The average Bonchev–Trinajstić information content (AvgIpc) is 2.26. The number of halogens is 1. The summed E-state index contributed by atoms with van der Waals surface area (Å²) in [5.74, 6) is 0. The zero-order chi connectivity index (χ0) is 11.3. The van der Waals surface area contributed by atoms with Gasteiger partial charge in [-0.05, 0) is 25.3 Å². The quantitative estimate of drug-likeness (QED) is 0.454. The number of aromatic nitrogens is 1. The summed E-state index contributed by atoms with van der Waals surface area (Å²) in [6.07, 6.45) is 3.75. The molecule has 0 bridgehead atoms. The molecule has 1 rings (SSSR count). The first-order valence-corrected chi connectivity index (χ1v) is 6.23. The molecule has 3 nitrogen and oxygen atoms in total. The fraction of sp³-hybridized carbons (Fsp3) is 0.400. The van der Waals surface area contributed by atoms with Crippen LogP contribution in [0.4, 0.5) is 5.69 Å². The second kappa shape index (κ2) is 5.98. The molecule has 0 aliphatic rings. The van der Waals surface area contributed by atoms with Crippen molar-refractivity contribution < 1.29 is 0 Å². The molecular weight excluding hydrogens is 230 g/mol. The molecule has 0 saturated heterocycles. The predicted molar refractivity (Wildman–Crippen MR) is 69.1 cm³/mol. The molecule has 82 valence electrons. The first kappa shape index (κ1) is 12.3. The minimum Gasteiger partial charge on any atom is -0.323 e. The van der Waals surface area contributed by atoms with E-state index < -0.39 is 0 Å². The lowest BCUT2D eigenvalue weighted by molar-refractivity contribution is 1.11. The Hall–Kier alpha value is -0.740. The van der Waals surface area contributed by atoms with Gasteiger partial charge in [-0.25, -0.2) is 4.98 Å². The molecule has 1 heterocycles. The second-order valence-corrected chi connectivity index (χ2v) is 4.02. The van der Waals surface area contributed by atoms with E-state index in [1.54, 1.807) is 24.0 Å². The van der Waals surface area contributed by atoms with Crippen LogP contribution in [-0.2, 0) is 0 Å². The molecule has 1 aromatic rings. The summed E-state index contributed by atoms with van der Waals surface area (Å²) in [6.45, 7) is 2.80. The summed E-state index contributed by atoms with van der Waals surface area (Å²) >= 11 is 7.34. The third kappa shape index (κ3) is 3.39. The zero-order valence-corrected chi connectivity index (χ0v) is 10.6. The van der Waals surface area contributed by atoms with Crippen LogP contribution in [-0.4, -0.2) is 30.0 Å². The lowest BCUT2D eigenvalue weighted by Crippen LogP contribution is -2.23. The van der Waals surface area contributed by atoms with Crippen molar-refractivity contribution >= 4 is 34.2 Å². The fourth-order valence-corrected chi connectivity index (χ4v) is 1.87. The number of pyridine rings is 1. The van der Waals surface area contributed by atoms with Crippen molar-refractivity contribution in [3.63, 3.8) is 0 Å². The Morgan fingerprint density at radius 2 is 2.33 bits per heavy atom. The number of thioether (sulfide) groups is 1. The van der Waals surface area contributed by atoms with Crippen LogP contribution in [0.15, 0.2) is 23.3 Å². The first-order chi connectivity index (χ1) is 7.19. The normalized spacial score (nSPS) is 11.6. The Balaban J connectivity index is 2.87. The number of rotatable bonds is 2. The lowest BCUT2D eigenvalue weighted by Gasteiger charge is -2.19. The van der Waals surface area contributed by atoms with Gasteiger partial charge in [-0.3, -0.25) is 4.99 Å². The van der Waals surface area contributed by atoms with E-state index in [-0.39, 0.29) is 0 Å². The molecule has 0 aliphatic heterocycles. The van der Waals surface area contributed by atoms with Crippen molar-refractivity contribution in [3.05, 3.63) is 23.5 Å². The largest absolute Gasteiger partial charge is 0.323 e. The number of nitrogens with zero attached hydrogens (tertiary/aromatic N) is 3. The summed E-state index contributed by atoms with van der Waals surface area (Å²) in [7, 11) is 1.97. The molecule has 0 saturated carbocycles. The molecular formula is C10H14ClN3S. The van der Waals surface area contributed by atoms with E-state index >= 15 is 0 Å². The number of anilines is 1. The van der Waals surface area contributed by atoms with Crippen molar-refractivity contribution in [2.75, 3.05) is 24.7 Å². The number of hydrogen-bond acceptors (Lipinski definition) is 3. The maximum atomic E-state index is 5.73. The van der Waals surface area contributed by atoms with Crippen LogP contribution >= 0.6 is 23.4 Å². The molecule has 0 unspecified atom stereocenters. The van der Waals surface area contributed by atoms with Gasteiger partial charge in [0.15, 0.2) is 5.17 Å². The van der Waals surface area contributed by atoms with Crippen molar-refractivity contribution in [2.24, 2.45) is 4.99 Å². The standard InChI is InChI=1S/C10H14ClN3S/c1-4-12-10(15-3)14(2)8-5-6-9(11)13-7-8/h5-7H,4H2,1-3H3. The molecule has 0 aliphatic carbocycles. The molecule has 5 heteroatoms. The number of amidine groups is 1. The van der Waals surface area contributed by atoms with E-state index in [9.17, 15) is 0 Å². The van der Waals surface area contributed by atoms with Crippen molar-refractivity contribution in [2.45, 2.75) is 6.92 Å². The maximum absolute atomic E-state index is 5.73. The topological polar surface area (TPSA) is 28.5 Å². The van der Waals surface area contributed by atoms with Gasteiger partial charge in [0.1, 0.15) is 5.15 Å². The molecule has 15 heavy (non-hydrogen) atoms. The highest BCUT2D eigenvalue weighted by Gasteiger charge is 2.07. The number of aliphatic imine (C=N–C) groups is 1. The van der Waals surface area contributed by atoms with E-state index in [1.165, 1.54) is 0 Å². The van der Waals surface area contributed by atoms with Crippen LogP contribution in [0.2, 0.25) is 5.15 Å². The molecule has 0 radical (unpaired) electrons. The van der Waals surface area contributed by atoms with Gasteiger partial charge in [-0.2, -0.15) is 0 Å². The Bertz CT molecular complexity index is 337. The van der Waals surface area contributed by atoms with Crippen molar-refractivity contribution in [1.82, 2.24) is 4.98 Å². The predicted octanol–water partition coefficient (Wildman–Crippen LogP) is 2.91. The van der Waals surface area contributed by atoms with E-state index in [2.05, 4.69) is 9.98 Å². The van der Waals surface area contributed by atoms with E-state index in [1.807, 2.05) is 31.2 Å². The summed E-state index contributed by atoms with van der Waals surface area (Å²) < 4.78 is 0. The average molecular weight is 244 g/mol. The third-order valence-corrected chi connectivity index (χ3v) is 2.85. The first-order valence-electron chi connectivity index (χ1n) is 4.62. The Kier molecular flexibility index (Phi) is 4.91. The van der Waals surface area contributed by atoms with Crippen LogP contribution in [0.3, 0.4) is 0 Å². The Labute approximate surface area is 99.6 Å². The summed E-state index contributed by atoms with van der Waals surface area (Å²) in [5, 5.41) is 1.48. The van der Waals surface area contributed by atoms with Crippen LogP contribution in [0.5, 0.6) is 0 Å². The molecule has 0 atom stereocenters. The van der Waals surface area contributed by atoms with Gasteiger partial charge < -0.3 is 4.90 Å². The van der Waals surface area contributed by atoms with Gasteiger partial charge in [-0.15, -0.1) is 0 Å². The van der Waals surface area contributed by atoms with Crippen molar-refractivity contribution in [3.8, 4) is 0 Å². The van der Waals surface area contributed by atoms with Gasteiger partial charge in [-0.1, -0.05) is 23.4 Å². The van der Waals surface area contributed by atoms with E-state index in [0.29, 0.717) is 5.15 Å². The smallest absolute Gasteiger partial charge is 0.163 e. The lowest BCUT2D eigenvalue weighted by atomic mass is 10.4. The van der Waals surface area contributed by atoms with E-state index in [4.69, 9.17) is 11.6 Å². The van der Waals surface area contributed by atoms with E-state index in [0.717, 1.165) is 17.4 Å². The minimum absolute atomic E-state index is 0.505. The van der Waals surface area contributed by atoms with Crippen LogP contribution in [0, 0.1) is 0 Å². The van der Waals surface area contributed by atoms with Crippen molar-refractivity contribution in [1.29, 1.82) is 0 Å². The highest BCUT2D eigenvalue weighted by molar-refractivity contribution is 8.13. The summed E-state index contributed by atoms with van der Waals surface area (Å²) in [5.41, 5.74) is 0.987. The molecule has 1 aromatic heterocycles. The van der Waals surface area contributed by atoms with Gasteiger partial charge >= 0.3 is 0 Å². The maximum Gasteiger partial charge on any atom is 0.163 e. The molecule has 0 aromatic carbocycles. The highest BCUT2D eigenvalue weighted by atomic mass is 35.5. The third-order valence-electron chi connectivity index (χ3n) is 1.86. The Morgan fingerprint density at radius 1 is 1.60 bits per heavy atom. The SMILES string of the molecule is CCN=C(SC)N(C)c1ccc(Cl)nc1. The minimum atomic E-state index is 0.505.